The third kappa shape index (κ3) is 3.23. The molecule has 7 heteroatoms. The van der Waals surface area contributed by atoms with Crippen LogP contribution < -0.4 is 5.43 Å². The Morgan fingerprint density at radius 2 is 1.73 bits per heavy atom. The van der Waals surface area contributed by atoms with Crippen LogP contribution in [0.1, 0.15) is 22.8 Å². The van der Waals surface area contributed by atoms with Crippen molar-refractivity contribution in [2.24, 2.45) is 5.10 Å². The van der Waals surface area contributed by atoms with Crippen molar-refractivity contribution in [3.05, 3.63) is 81.9 Å². The number of nitro benzene ring substituents is 1. The van der Waals surface area contributed by atoms with E-state index in [4.69, 9.17) is 0 Å². The largest absolute Gasteiger partial charge is 0.507 e. The molecule has 3 aromatic carbocycles. The zero-order valence-corrected chi connectivity index (χ0v) is 13.8. The average Bonchev–Trinajstić information content (AvgIpc) is 2.66. The number of hydrogen-bond donors (Lipinski definition) is 2. The molecule has 0 saturated carbocycles. The molecule has 0 aliphatic heterocycles. The number of phenolic OH excluding ortho intramolecular Hbond substituents is 1. The Kier molecular flexibility index (Phi) is 4.62. The summed E-state index contributed by atoms with van der Waals surface area (Å²) in [5.41, 5.74) is 2.75. The van der Waals surface area contributed by atoms with Crippen molar-refractivity contribution < 1.29 is 14.8 Å². The van der Waals surface area contributed by atoms with Gasteiger partial charge < -0.3 is 5.11 Å². The zero-order chi connectivity index (χ0) is 18.7. The molecule has 0 saturated heterocycles. The fourth-order valence-corrected chi connectivity index (χ4v) is 2.63. The fourth-order valence-electron chi connectivity index (χ4n) is 2.63. The first-order chi connectivity index (χ1) is 12.5. The number of hydrogen-bond acceptors (Lipinski definition) is 5. The molecule has 0 unspecified atom stereocenters. The van der Waals surface area contributed by atoms with Gasteiger partial charge in [0.15, 0.2) is 0 Å². The molecular formula is C19H15N3O4. The minimum absolute atomic E-state index is 0.0595. The van der Waals surface area contributed by atoms with Crippen LogP contribution in [0.3, 0.4) is 0 Å². The van der Waals surface area contributed by atoms with Crippen molar-refractivity contribution in [2.75, 3.05) is 0 Å². The van der Waals surface area contributed by atoms with Gasteiger partial charge in [0.1, 0.15) is 11.3 Å². The lowest BCUT2D eigenvalue weighted by Gasteiger charge is -2.08. The predicted molar refractivity (Wildman–Crippen MR) is 98.4 cm³/mol. The number of carbonyl (C=O) groups is 1. The number of rotatable bonds is 4. The Labute approximate surface area is 148 Å². The van der Waals surface area contributed by atoms with Gasteiger partial charge in [0.2, 0.25) is 0 Å². The average molecular weight is 349 g/mol. The Bertz CT molecular complexity index is 1040. The van der Waals surface area contributed by atoms with Crippen LogP contribution in [0.2, 0.25) is 0 Å². The number of carbonyl (C=O) groups excluding carboxylic acids is 1. The van der Waals surface area contributed by atoms with E-state index in [1.54, 1.807) is 19.1 Å². The van der Waals surface area contributed by atoms with Crippen LogP contribution in [0, 0.1) is 10.1 Å². The zero-order valence-electron chi connectivity index (χ0n) is 13.8. The fraction of sp³-hybridized carbons (Fsp3) is 0.0526. The van der Waals surface area contributed by atoms with Gasteiger partial charge in [0.05, 0.1) is 10.6 Å². The summed E-state index contributed by atoms with van der Waals surface area (Å²) in [5, 5.41) is 27.0. The molecule has 0 heterocycles. The van der Waals surface area contributed by atoms with E-state index in [2.05, 4.69) is 10.5 Å². The molecule has 0 atom stereocenters. The summed E-state index contributed by atoms with van der Waals surface area (Å²) in [6.07, 6.45) is 0. The van der Waals surface area contributed by atoms with E-state index in [-0.39, 0.29) is 17.0 Å². The van der Waals surface area contributed by atoms with Crippen LogP contribution in [0.25, 0.3) is 10.8 Å². The van der Waals surface area contributed by atoms with E-state index < -0.39 is 10.8 Å². The molecule has 2 N–H and O–H groups in total. The number of phenols is 1. The Balaban J connectivity index is 1.89. The maximum atomic E-state index is 12.2. The number of fused-ring (bicyclic) bond motifs is 1. The molecule has 0 aliphatic rings. The van der Waals surface area contributed by atoms with Gasteiger partial charge in [-0.15, -0.1) is 0 Å². The quantitative estimate of drug-likeness (QED) is 0.426. The number of nitrogens with zero attached hydrogens (tertiary/aromatic N) is 2. The first kappa shape index (κ1) is 17.1. The van der Waals surface area contributed by atoms with Crippen molar-refractivity contribution in [3.8, 4) is 5.75 Å². The lowest BCUT2D eigenvalue weighted by atomic mass is 10.0. The van der Waals surface area contributed by atoms with E-state index in [0.717, 1.165) is 5.39 Å². The second-order valence-corrected chi connectivity index (χ2v) is 5.60. The highest BCUT2D eigenvalue weighted by Crippen LogP contribution is 2.29. The van der Waals surface area contributed by atoms with E-state index in [0.29, 0.717) is 16.7 Å². The molecule has 0 bridgehead atoms. The Morgan fingerprint density at radius 1 is 1.04 bits per heavy atom. The Morgan fingerprint density at radius 3 is 2.50 bits per heavy atom. The molecule has 0 aromatic heterocycles. The summed E-state index contributed by atoms with van der Waals surface area (Å²) in [4.78, 5) is 22.6. The van der Waals surface area contributed by atoms with Crippen LogP contribution >= 0.6 is 0 Å². The molecule has 0 radical (unpaired) electrons. The molecule has 0 aliphatic carbocycles. The van der Waals surface area contributed by atoms with E-state index in [1.165, 1.54) is 24.3 Å². The third-order valence-corrected chi connectivity index (χ3v) is 3.96. The topological polar surface area (TPSA) is 105 Å². The summed E-state index contributed by atoms with van der Waals surface area (Å²) in [7, 11) is 0. The van der Waals surface area contributed by atoms with E-state index in [1.807, 2.05) is 24.3 Å². The molecule has 7 nitrogen and oxygen atoms in total. The highest BCUT2D eigenvalue weighted by atomic mass is 16.6. The van der Waals surface area contributed by atoms with Crippen molar-refractivity contribution in [3.63, 3.8) is 0 Å². The number of hydrazone groups is 1. The van der Waals surface area contributed by atoms with Crippen molar-refractivity contribution in [1.29, 1.82) is 0 Å². The van der Waals surface area contributed by atoms with Gasteiger partial charge >= 0.3 is 0 Å². The smallest absolute Gasteiger partial charge is 0.282 e. The van der Waals surface area contributed by atoms with Crippen LogP contribution in [0.4, 0.5) is 5.69 Å². The van der Waals surface area contributed by atoms with Crippen LogP contribution in [-0.4, -0.2) is 21.6 Å². The summed E-state index contributed by atoms with van der Waals surface area (Å²) < 4.78 is 0. The van der Waals surface area contributed by atoms with Gasteiger partial charge in [-0.3, -0.25) is 14.9 Å². The van der Waals surface area contributed by atoms with Crippen LogP contribution in [0.5, 0.6) is 5.75 Å². The molecule has 130 valence electrons. The normalized spacial score (nSPS) is 11.3. The van der Waals surface area contributed by atoms with Crippen molar-refractivity contribution in [2.45, 2.75) is 6.92 Å². The summed E-state index contributed by atoms with van der Waals surface area (Å²) in [6.45, 7) is 1.63. The van der Waals surface area contributed by atoms with Gasteiger partial charge in [-0.05, 0) is 24.4 Å². The lowest BCUT2D eigenvalue weighted by Crippen LogP contribution is -2.20. The lowest BCUT2D eigenvalue weighted by molar-refractivity contribution is -0.385. The number of benzene rings is 3. The SMILES string of the molecule is CC(=NNC(=O)c1ccccc1[N+](=O)[O-])c1ccc2ccccc2c1O. The number of para-hydroxylation sites is 1. The number of amides is 1. The molecule has 1 amide bonds. The maximum Gasteiger partial charge on any atom is 0.282 e. The first-order valence-electron chi connectivity index (χ1n) is 7.78. The van der Waals surface area contributed by atoms with Crippen LogP contribution in [-0.2, 0) is 0 Å². The molecular weight excluding hydrogens is 334 g/mol. The highest BCUT2D eigenvalue weighted by molar-refractivity contribution is 6.07. The van der Waals surface area contributed by atoms with Gasteiger partial charge in [-0.1, -0.05) is 42.5 Å². The molecule has 3 rings (SSSR count). The second kappa shape index (κ2) is 7.02. The first-order valence-corrected chi connectivity index (χ1v) is 7.78. The monoisotopic (exact) mass is 349 g/mol. The van der Waals surface area contributed by atoms with Gasteiger partial charge in [0, 0.05) is 17.0 Å². The summed E-state index contributed by atoms with van der Waals surface area (Å²) in [5.74, 6) is -0.638. The van der Waals surface area contributed by atoms with Crippen LogP contribution in [0.15, 0.2) is 65.8 Å². The van der Waals surface area contributed by atoms with Gasteiger partial charge in [-0.2, -0.15) is 5.10 Å². The molecule has 3 aromatic rings. The second-order valence-electron chi connectivity index (χ2n) is 5.60. The Hall–Kier alpha value is -3.74. The van der Waals surface area contributed by atoms with E-state index >= 15 is 0 Å². The predicted octanol–water partition coefficient (Wildman–Crippen LogP) is 3.61. The maximum absolute atomic E-state index is 12.2. The summed E-state index contributed by atoms with van der Waals surface area (Å²) >= 11 is 0. The number of nitro groups is 1. The number of nitrogens with one attached hydrogen (secondary N) is 1. The highest BCUT2D eigenvalue weighted by Gasteiger charge is 2.19. The molecule has 26 heavy (non-hydrogen) atoms. The van der Waals surface area contributed by atoms with E-state index in [9.17, 15) is 20.0 Å². The van der Waals surface area contributed by atoms with Crippen molar-refractivity contribution in [1.82, 2.24) is 5.43 Å². The van der Waals surface area contributed by atoms with Gasteiger partial charge in [-0.25, -0.2) is 5.43 Å². The molecule has 0 fully saturated rings. The molecule has 0 spiro atoms. The van der Waals surface area contributed by atoms with Gasteiger partial charge in [0.25, 0.3) is 11.6 Å². The standard InChI is InChI=1S/C19H15N3O4/c1-12(14-11-10-13-6-2-3-7-15(13)18(14)23)20-21-19(24)16-8-4-5-9-17(16)22(25)26/h2-11,23H,1H3,(H,21,24). The van der Waals surface area contributed by atoms with Crippen molar-refractivity contribution >= 4 is 28.1 Å². The minimum Gasteiger partial charge on any atom is -0.507 e. The minimum atomic E-state index is -0.697. The number of aromatic hydroxyl groups is 1. The third-order valence-electron chi connectivity index (χ3n) is 3.96. The summed E-state index contributed by atoms with van der Waals surface area (Å²) in [6, 6.07) is 16.5.